The number of nitrogens with zero attached hydrogens (tertiary/aromatic N) is 3. The number of Topliss-reactive ketones (excluding diaryl/α,β-unsaturated/α-hetero) is 1. The molecule has 0 radical (unpaired) electrons. The number of nitrogens with one attached hydrogen (secondary N) is 1. The van der Waals surface area contributed by atoms with Gasteiger partial charge in [-0.25, -0.2) is 0 Å². The molecule has 0 aromatic heterocycles. The number of sulfonamides is 1. The van der Waals surface area contributed by atoms with Gasteiger partial charge in [-0.05, 0) is 24.5 Å². The van der Waals surface area contributed by atoms with Crippen molar-refractivity contribution in [1.29, 1.82) is 0 Å². The van der Waals surface area contributed by atoms with Crippen molar-refractivity contribution >= 4 is 39.2 Å². The van der Waals surface area contributed by atoms with Gasteiger partial charge in [0.2, 0.25) is 5.91 Å². The maximum absolute atomic E-state index is 13.5. The largest absolute Gasteiger partial charge is 0.468 e. The molecule has 11 heteroatoms. The third-order valence-corrected chi connectivity index (χ3v) is 7.65. The van der Waals surface area contributed by atoms with Crippen LogP contribution >= 0.6 is 0 Å². The number of fused-ring (bicyclic) bond motifs is 1. The maximum atomic E-state index is 13.5. The van der Waals surface area contributed by atoms with Gasteiger partial charge in [0.05, 0.1) is 19.3 Å². The van der Waals surface area contributed by atoms with Gasteiger partial charge in [-0.15, -0.1) is 4.40 Å². The number of esters is 1. The maximum Gasteiger partial charge on any atom is 0.319 e. The highest BCUT2D eigenvalue weighted by Gasteiger charge is 2.45. The normalized spacial score (nSPS) is 22.2. The van der Waals surface area contributed by atoms with E-state index in [1.165, 1.54) is 7.11 Å². The topological polar surface area (TPSA) is 125 Å². The van der Waals surface area contributed by atoms with E-state index >= 15 is 0 Å². The Kier molecular flexibility index (Phi) is 6.59. The smallest absolute Gasteiger partial charge is 0.319 e. The lowest BCUT2D eigenvalue weighted by atomic mass is 9.88. The number of anilines is 1. The summed E-state index contributed by atoms with van der Waals surface area (Å²) in [7, 11) is -2.87. The number of hydrogen-bond acceptors (Lipinski definition) is 8. The van der Waals surface area contributed by atoms with Crippen LogP contribution in [0.1, 0.15) is 37.0 Å². The van der Waals surface area contributed by atoms with Gasteiger partial charge >= 0.3 is 5.97 Å². The van der Waals surface area contributed by atoms with Gasteiger partial charge in [0.15, 0.2) is 11.7 Å². The molecule has 3 aliphatic rings. The molecule has 0 spiro atoms. The minimum Gasteiger partial charge on any atom is -0.468 e. The fourth-order valence-electron chi connectivity index (χ4n) is 4.34. The monoisotopic (exact) mass is 488 g/mol. The minimum atomic E-state index is -4.14. The fourth-order valence-corrected chi connectivity index (χ4v) is 5.67. The highest BCUT2D eigenvalue weighted by Crippen LogP contribution is 2.34. The molecule has 1 unspecified atom stereocenters. The number of ketones is 1. The van der Waals surface area contributed by atoms with Crippen LogP contribution < -0.4 is 10.2 Å². The summed E-state index contributed by atoms with van der Waals surface area (Å²) in [6, 6.07) is 6.86. The predicted molar refractivity (Wildman–Crippen MR) is 126 cm³/mol. The van der Waals surface area contributed by atoms with Gasteiger partial charge < -0.3 is 15.0 Å². The van der Waals surface area contributed by atoms with Crippen LogP contribution in [0, 0.1) is 11.8 Å². The summed E-state index contributed by atoms with van der Waals surface area (Å²) in [5.74, 6) is -2.62. The van der Waals surface area contributed by atoms with Gasteiger partial charge in [0.25, 0.3) is 10.0 Å². The summed E-state index contributed by atoms with van der Waals surface area (Å²) in [6.07, 6.45) is 1.03. The second-order valence-corrected chi connectivity index (χ2v) is 10.6. The molecule has 3 heterocycles. The molecule has 1 atom stereocenters. The Labute approximate surface area is 198 Å². The molecule has 1 amide bonds. The van der Waals surface area contributed by atoms with Crippen LogP contribution in [0.15, 0.2) is 39.3 Å². The zero-order valence-corrected chi connectivity index (χ0v) is 20.2. The summed E-state index contributed by atoms with van der Waals surface area (Å²) in [5.41, 5.74) is 1.30. The number of methoxy groups -OCH3 is 1. The summed E-state index contributed by atoms with van der Waals surface area (Å²) < 4.78 is 34.7. The van der Waals surface area contributed by atoms with Crippen LogP contribution in [0.2, 0.25) is 0 Å². The molecule has 34 heavy (non-hydrogen) atoms. The van der Waals surface area contributed by atoms with E-state index in [9.17, 15) is 22.8 Å². The molecule has 0 saturated carbocycles. The summed E-state index contributed by atoms with van der Waals surface area (Å²) in [4.78, 5) is 41.7. The number of para-hydroxylation sites is 1. The standard InChI is InChI=1S/C23H28N4O6S/c1-14(2)8-11-27-17-7-5-4-6-15(17)21(29)20(23(27)30)22-24-16-9-10-26(13-19(28)33-3)12-18(16)34(31,32)25-22/h4-7,14,20H,8-13H2,1-3H3,(H,24,25). The molecular weight excluding hydrogens is 460 g/mol. The highest BCUT2D eigenvalue weighted by molar-refractivity contribution is 7.94. The lowest BCUT2D eigenvalue weighted by molar-refractivity contribution is -0.141. The second-order valence-electron chi connectivity index (χ2n) is 9.00. The van der Waals surface area contributed by atoms with E-state index in [4.69, 9.17) is 0 Å². The summed E-state index contributed by atoms with van der Waals surface area (Å²) in [5, 5.41) is 2.98. The van der Waals surface area contributed by atoms with Gasteiger partial charge in [-0.1, -0.05) is 26.0 Å². The Morgan fingerprint density at radius 2 is 2.00 bits per heavy atom. The van der Waals surface area contributed by atoms with Crippen molar-refractivity contribution in [2.75, 3.05) is 38.2 Å². The van der Waals surface area contributed by atoms with Crippen LogP contribution in [0.4, 0.5) is 5.69 Å². The van der Waals surface area contributed by atoms with Crippen molar-refractivity contribution in [3.8, 4) is 0 Å². The third kappa shape index (κ3) is 4.49. The first-order valence-corrected chi connectivity index (χ1v) is 12.6. The molecule has 1 aromatic rings. The van der Waals surface area contributed by atoms with E-state index in [2.05, 4.69) is 14.5 Å². The number of amides is 1. The van der Waals surface area contributed by atoms with Crippen molar-refractivity contribution in [2.24, 2.45) is 16.2 Å². The number of carbonyl (C=O) groups excluding carboxylic acids is 3. The summed E-state index contributed by atoms with van der Waals surface area (Å²) >= 11 is 0. The average molecular weight is 489 g/mol. The predicted octanol–water partition coefficient (Wildman–Crippen LogP) is 1.30. The van der Waals surface area contributed by atoms with Crippen molar-refractivity contribution in [3.05, 3.63) is 40.4 Å². The zero-order chi connectivity index (χ0) is 24.6. The Bertz CT molecular complexity index is 1200. The van der Waals surface area contributed by atoms with Crippen LogP contribution in [-0.4, -0.2) is 70.1 Å². The first-order valence-electron chi connectivity index (χ1n) is 11.2. The fraction of sp³-hybridized carbons (Fsp3) is 0.478. The van der Waals surface area contributed by atoms with E-state index < -0.39 is 33.6 Å². The Morgan fingerprint density at radius 1 is 1.26 bits per heavy atom. The van der Waals surface area contributed by atoms with Crippen molar-refractivity contribution in [3.63, 3.8) is 0 Å². The number of hydrogen-bond donors (Lipinski definition) is 1. The SMILES string of the molecule is COC(=O)CN1CCC2=C(C1)S(=O)(=O)N=C(C1C(=O)c3ccccc3N(CCC(C)C)C1=O)N2. The van der Waals surface area contributed by atoms with Gasteiger partial charge in [0.1, 0.15) is 10.7 Å². The van der Waals surface area contributed by atoms with Gasteiger partial charge in [-0.3, -0.25) is 19.3 Å². The molecule has 0 bridgehead atoms. The van der Waals surface area contributed by atoms with E-state index in [0.717, 1.165) is 6.42 Å². The quantitative estimate of drug-likeness (QED) is 0.469. The molecule has 1 N–H and O–H groups in total. The molecule has 1 aromatic carbocycles. The first kappa shape index (κ1) is 24.1. The zero-order valence-electron chi connectivity index (χ0n) is 19.4. The molecule has 182 valence electrons. The van der Waals surface area contributed by atoms with Crippen molar-refractivity contribution in [2.45, 2.75) is 26.7 Å². The van der Waals surface area contributed by atoms with Gasteiger partial charge in [-0.2, -0.15) is 8.42 Å². The van der Waals surface area contributed by atoms with Crippen LogP contribution in [0.3, 0.4) is 0 Å². The lowest BCUT2D eigenvalue weighted by Crippen LogP contribution is -2.53. The Hall–Kier alpha value is -3.05. The number of carbonyl (C=O) groups is 3. The molecule has 0 fully saturated rings. The molecule has 0 aliphatic carbocycles. The van der Waals surface area contributed by atoms with E-state index in [0.29, 0.717) is 42.4 Å². The molecular formula is C23H28N4O6S. The number of amidine groups is 1. The Morgan fingerprint density at radius 3 is 2.71 bits per heavy atom. The van der Waals surface area contributed by atoms with Crippen molar-refractivity contribution in [1.82, 2.24) is 10.2 Å². The molecule has 10 nitrogen and oxygen atoms in total. The van der Waals surface area contributed by atoms with Crippen LogP contribution in [-0.2, 0) is 24.3 Å². The number of rotatable bonds is 6. The first-order chi connectivity index (χ1) is 16.1. The van der Waals surface area contributed by atoms with Crippen LogP contribution in [0.25, 0.3) is 0 Å². The number of ether oxygens (including phenoxy) is 1. The van der Waals surface area contributed by atoms with E-state index in [1.807, 2.05) is 13.8 Å². The average Bonchev–Trinajstić information content (AvgIpc) is 2.79. The van der Waals surface area contributed by atoms with Gasteiger partial charge in [0, 0.05) is 37.3 Å². The molecule has 3 aliphatic heterocycles. The van der Waals surface area contributed by atoms with Crippen LogP contribution in [0.5, 0.6) is 0 Å². The molecule has 0 saturated heterocycles. The summed E-state index contributed by atoms with van der Waals surface area (Å²) in [6.45, 7) is 4.87. The minimum absolute atomic E-state index is 0.00749. The molecule has 4 rings (SSSR count). The second kappa shape index (κ2) is 9.30. The van der Waals surface area contributed by atoms with E-state index in [-0.39, 0.29) is 23.8 Å². The number of benzene rings is 1. The highest BCUT2D eigenvalue weighted by atomic mass is 32.2. The third-order valence-electron chi connectivity index (χ3n) is 6.21. The lowest BCUT2D eigenvalue weighted by Gasteiger charge is -2.36. The Balaban J connectivity index is 1.65. The van der Waals surface area contributed by atoms with E-state index in [1.54, 1.807) is 34.1 Å². The van der Waals surface area contributed by atoms with Crippen molar-refractivity contribution < 1.29 is 27.5 Å².